The molecule has 1 aliphatic carbocycles. The Balaban J connectivity index is 1.36. The van der Waals surface area contributed by atoms with Crippen LogP contribution in [0.5, 0.6) is 5.75 Å². The number of aryl methyl sites for hydroxylation is 1. The van der Waals surface area contributed by atoms with Crippen molar-refractivity contribution >= 4 is 5.91 Å². The van der Waals surface area contributed by atoms with Crippen LogP contribution in [0.25, 0.3) is 0 Å². The second kappa shape index (κ2) is 8.52. The maximum absolute atomic E-state index is 12.4. The van der Waals surface area contributed by atoms with Gasteiger partial charge in [0.15, 0.2) is 0 Å². The Morgan fingerprint density at radius 2 is 1.75 bits per heavy atom. The summed E-state index contributed by atoms with van der Waals surface area (Å²) in [6.45, 7) is 3.96. The Hall–Kier alpha value is -1.55. The summed E-state index contributed by atoms with van der Waals surface area (Å²) >= 11 is 0. The van der Waals surface area contributed by atoms with Crippen LogP contribution in [-0.4, -0.2) is 55.0 Å². The van der Waals surface area contributed by atoms with Crippen LogP contribution in [0, 0.1) is 0 Å². The quantitative estimate of drug-likeness (QED) is 0.803. The Kier molecular flexibility index (Phi) is 6.13. The van der Waals surface area contributed by atoms with Crippen LogP contribution < -0.4 is 4.74 Å². The van der Waals surface area contributed by atoms with Crippen molar-refractivity contribution in [2.45, 2.75) is 51.0 Å². The molecule has 4 heteroatoms. The highest BCUT2D eigenvalue weighted by atomic mass is 16.5. The number of hydrogen-bond acceptors (Lipinski definition) is 3. The van der Waals surface area contributed by atoms with E-state index >= 15 is 0 Å². The van der Waals surface area contributed by atoms with Crippen LogP contribution in [-0.2, 0) is 11.2 Å². The molecule has 24 heavy (non-hydrogen) atoms. The second-order valence-electron chi connectivity index (χ2n) is 7.06. The number of piperazine rings is 1. The molecule has 1 saturated carbocycles. The van der Waals surface area contributed by atoms with E-state index in [1.165, 1.54) is 31.2 Å². The fourth-order valence-electron chi connectivity index (χ4n) is 4.00. The molecule has 0 bridgehead atoms. The van der Waals surface area contributed by atoms with Crippen molar-refractivity contribution in [1.29, 1.82) is 0 Å². The minimum Gasteiger partial charge on any atom is -0.497 e. The highest BCUT2D eigenvalue weighted by Gasteiger charge is 2.27. The van der Waals surface area contributed by atoms with Gasteiger partial charge in [0.25, 0.3) is 0 Å². The Morgan fingerprint density at radius 1 is 1.08 bits per heavy atom. The molecular weight excluding hydrogens is 300 g/mol. The smallest absolute Gasteiger partial charge is 0.222 e. The number of amides is 1. The first kappa shape index (κ1) is 17.3. The van der Waals surface area contributed by atoms with Crippen LogP contribution >= 0.6 is 0 Å². The summed E-state index contributed by atoms with van der Waals surface area (Å²) in [6.07, 6.45) is 8.02. The molecule has 0 spiro atoms. The van der Waals surface area contributed by atoms with E-state index in [9.17, 15) is 4.79 Å². The van der Waals surface area contributed by atoms with Gasteiger partial charge in [0.1, 0.15) is 5.75 Å². The van der Waals surface area contributed by atoms with Crippen LogP contribution in [0.2, 0.25) is 0 Å². The first-order valence-corrected chi connectivity index (χ1v) is 9.41. The van der Waals surface area contributed by atoms with Crippen molar-refractivity contribution in [3.05, 3.63) is 29.8 Å². The molecular formula is C20H30N2O2. The summed E-state index contributed by atoms with van der Waals surface area (Å²) in [5.74, 6) is 1.21. The molecule has 1 aromatic rings. The number of benzene rings is 1. The molecule has 0 atom stereocenters. The summed E-state index contributed by atoms with van der Waals surface area (Å²) in [7, 11) is 1.68. The van der Waals surface area contributed by atoms with Gasteiger partial charge in [-0.1, -0.05) is 25.0 Å². The molecule has 1 saturated heterocycles. The summed E-state index contributed by atoms with van der Waals surface area (Å²) in [4.78, 5) is 17.1. The van der Waals surface area contributed by atoms with Gasteiger partial charge in [-0.2, -0.15) is 0 Å². The zero-order chi connectivity index (χ0) is 16.8. The fourth-order valence-corrected chi connectivity index (χ4v) is 4.00. The molecule has 0 unspecified atom stereocenters. The van der Waals surface area contributed by atoms with Crippen LogP contribution in [0.4, 0.5) is 0 Å². The number of ether oxygens (including phenoxy) is 1. The van der Waals surface area contributed by atoms with Crippen molar-refractivity contribution in [3.63, 3.8) is 0 Å². The van der Waals surface area contributed by atoms with Gasteiger partial charge in [0.2, 0.25) is 5.91 Å². The van der Waals surface area contributed by atoms with Crippen molar-refractivity contribution < 1.29 is 9.53 Å². The van der Waals surface area contributed by atoms with Gasteiger partial charge in [0.05, 0.1) is 7.11 Å². The van der Waals surface area contributed by atoms with Crippen LogP contribution in [0.3, 0.4) is 0 Å². The highest BCUT2D eigenvalue weighted by molar-refractivity contribution is 5.76. The van der Waals surface area contributed by atoms with Crippen molar-refractivity contribution in [2.24, 2.45) is 0 Å². The van der Waals surface area contributed by atoms with Gasteiger partial charge in [-0.05, 0) is 43.4 Å². The number of hydrogen-bond donors (Lipinski definition) is 0. The lowest BCUT2D eigenvalue weighted by Gasteiger charge is -2.38. The van der Waals surface area contributed by atoms with Gasteiger partial charge < -0.3 is 9.64 Å². The average molecular weight is 330 g/mol. The number of nitrogens with zero attached hydrogens (tertiary/aromatic N) is 2. The third-order valence-corrected chi connectivity index (χ3v) is 5.52. The molecule has 0 radical (unpaired) electrons. The minimum absolute atomic E-state index is 0.328. The molecule has 2 fully saturated rings. The fraction of sp³-hybridized carbons (Fsp3) is 0.650. The molecule has 2 aliphatic rings. The zero-order valence-corrected chi connectivity index (χ0v) is 14.9. The lowest BCUT2D eigenvalue weighted by atomic mass is 10.1. The zero-order valence-electron chi connectivity index (χ0n) is 14.9. The predicted molar refractivity (Wildman–Crippen MR) is 96.3 cm³/mol. The molecule has 4 nitrogen and oxygen atoms in total. The van der Waals surface area contributed by atoms with E-state index in [-0.39, 0.29) is 0 Å². The normalized spacial score (nSPS) is 19.6. The minimum atomic E-state index is 0.328. The summed E-state index contributed by atoms with van der Waals surface area (Å²) in [5, 5.41) is 0. The van der Waals surface area contributed by atoms with E-state index in [4.69, 9.17) is 4.74 Å². The number of carbonyl (C=O) groups excluding carboxylic acids is 1. The summed E-state index contributed by atoms with van der Waals surface area (Å²) in [5.41, 5.74) is 1.27. The third kappa shape index (κ3) is 4.50. The van der Waals surface area contributed by atoms with E-state index in [0.717, 1.165) is 50.8 Å². The van der Waals surface area contributed by atoms with Crippen LogP contribution in [0.1, 0.15) is 44.1 Å². The predicted octanol–water partition coefficient (Wildman–Crippen LogP) is 3.10. The number of methoxy groups -OCH3 is 1. The van der Waals surface area contributed by atoms with Crippen molar-refractivity contribution in [3.8, 4) is 5.75 Å². The third-order valence-electron chi connectivity index (χ3n) is 5.52. The highest BCUT2D eigenvalue weighted by Crippen LogP contribution is 2.24. The largest absolute Gasteiger partial charge is 0.497 e. The van der Waals surface area contributed by atoms with Crippen molar-refractivity contribution in [1.82, 2.24) is 9.80 Å². The van der Waals surface area contributed by atoms with Gasteiger partial charge >= 0.3 is 0 Å². The first-order chi connectivity index (χ1) is 11.8. The Morgan fingerprint density at radius 3 is 2.38 bits per heavy atom. The Labute approximate surface area is 145 Å². The molecule has 0 aromatic heterocycles. The van der Waals surface area contributed by atoms with Gasteiger partial charge in [-0.15, -0.1) is 0 Å². The molecule has 3 rings (SSSR count). The van der Waals surface area contributed by atoms with E-state index in [2.05, 4.69) is 21.9 Å². The topological polar surface area (TPSA) is 32.8 Å². The van der Waals surface area contributed by atoms with Crippen molar-refractivity contribution in [2.75, 3.05) is 33.3 Å². The summed E-state index contributed by atoms with van der Waals surface area (Å²) < 4.78 is 5.17. The van der Waals surface area contributed by atoms with E-state index < -0.39 is 0 Å². The Bertz CT molecular complexity index is 515. The van der Waals surface area contributed by atoms with Gasteiger partial charge in [0, 0.05) is 38.6 Å². The molecule has 1 aliphatic heterocycles. The van der Waals surface area contributed by atoms with E-state index in [0.29, 0.717) is 12.3 Å². The molecule has 1 aromatic carbocycles. The molecule has 1 heterocycles. The lowest BCUT2D eigenvalue weighted by Crippen LogP contribution is -2.51. The van der Waals surface area contributed by atoms with E-state index in [1.807, 2.05) is 12.1 Å². The average Bonchev–Trinajstić information content (AvgIpc) is 3.17. The van der Waals surface area contributed by atoms with Gasteiger partial charge in [-0.3, -0.25) is 9.69 Å². The van der Waals surface area contributed by atoms with Crippen LogP contribution in [0.15, 0.2) is 24.3 Å². The monoisotopic (exact) mass is 330 g/mol. The lowest BCUT2D eigenvalue weighted by molar-refractivity contribution is -0.133. The van der Waals surface area contributed by atoms with E-state index in [1.54, 1.807) is 7.11 Å². The molecule has 1 amide bonds. The second-order valence-corrected chi connectivity index (χ2v) is 7.06. The SMILES string of the molecule is COc1ccc(CCCC(=O)N2CCN(C3CCCC3)CC2)cc1. The molecule has 132 valence electrons. The number of rotatable bonds is 6. The standard InChI is InChI=1S/C20H30N2O2/c1-24-19-11-9-17(10-12-19)5-4-8-20(23)22-15-13-21(14-16-22)18-6-2-3-7-18/h9-12,18H,2-8,13-16H2,1H3. The maximum Gasteiger partial charge on any atom is 0.222 e. The first-order valence-electron chi connectivity index (χ1n) is 9.41. The number of carbonyl (C=O) groups is 1. The van der Waals surface area contributed by atoms with Gasteiger partial charge in [-0.25, -0.2) is 0 Å². The maximum atomic E-state index is 12.4. The summed E-state index contributed by atoms with van der Waals surface area (Å²) in [6, 6.07) is 8.93. The molecule has 0 N–H and O–H groups in total.